The molecular weight excluding hydrogens is 895 g/mol. The smallest absolute Gasteiger partial charge is 0.293 e. The van der Waals surface area contributed by atoms with Crippen LogP contribution in [-0.2, 0) is 52.8 Å². The summed E-state index contributed by atoms with van der Waals surface area (Å²) < 4.78 is 19.3. The van der Waals surface area contributed by atoms with Crippen molar-refractivity contribution in [2.45, 2.75) is 112 Å². The topological polar surface area (TPSA) is 147 Å². The SMILES string of the molecule is C=CC=C.CC.CCn1c(C2=C(C(C)OC)NCC=C2)c(CC(C)(C)COC=O)c2cc(-c3cccc(CC(NC(=O)C(C(C)C)N(C)C(=O)C4CN(C)C5COCC45)C(=O)N4CCCCN4)c3)ccc21. The summed E-state index contributed by atoms with van der Waals surface area (Å²) in [7, 11) is 5.48. The Hall–Kier alpha value is -5.54. The third-order valence-electron chi connectivity index (χ3n) is 14.2. The molecule has 3 amide bonds. The van der Waals surface area contributed by atoms with Crippen molar-refractivity contribution in [1.82, 2.24) is 35.4 Å². The largest absolute Gasteiger partial charge is 0.467 e. The van der Waals surface area contributed by atoms with Crippen LogP contribution in [-0.4, -0.2) is 135 Å². The number of carbonyl (C=O) groups excluding carboxylic acids is 4. The summed E-state index contributed by atoms with van der Waals surface area (Å²) in [4.78, 5) is 58.2. The molecule has 0 saturated carbocycles. The Kier molecular flexibility index (Phi) is 20.8. The highest BCUT2D eigenvalue weighted by molar-refractivity contribution is 5.96. The van der Waals surface area contributed by atoms with Gasteiger partial charge in [0.2, 0.25) is 11.8 Å². The number of fused-ring (bicyclic) bond motifs is 2. The average molecular weight is 978 g/mol. The maximum Gasteiger partial charge on any atom is 0.293 e. The third-order valence-corrected chi connectivity index (χ3v) is 14.2. The van der Waals surface area contributed by atoms with E-state index in [9.17, 15) is 19.2 Å². The predicted octanol–water partition coefficient (Wildman–Crippen LogP) is 7.57. The van der Waals surface area contributed by atoms with Gasteiger partial charge in [-0.2, -0.15) is 0 Å². The van der Waals surface area contributed by atoms with Crippen LogP contribution in [0.5, 0.6) is 0 Å². The van der Waals surface area contributed by atoms with Gasteiger partial charge in [0.05, 0.1) is 37.5 Å². The van der Waals surface area contributed by atoms with Crippen LogP contribution in [0.4, 0.5) is 0 Å². The summed E-state index contributed by atoms with van der Waals surface area (Å²) in [5.41, 5.74) is 11.2. The Bertz CT molecular complexity index is 2370. The molecule has 6 atom stereocenters. The highest BCUT2D eigenvalue weighted by Crippen LogP contribution is 2.40. The van der Waals surface area contributed by atoms with Gasteiger partial charge in [-0.15, -0.1) is 0 Å². The number of aromatic nitrogens is 1. The summed E-state index contributed by atoms with van der Waals surface area (Å²) in [6.45, 7) is 28.3. The number of carbonyl (C=O) groups is 4. The van der Waals surface area contributed by atoms with Gasteiger partial charge in [0, 0.05) is 92.8 Å². The molecule has 3 aromatic rings. The van der Waals surface area contributed by atoms with E-state index in [1.54, 1.807) is 36.2 Å². The highest BCUT2D eigenvalue weighted by Gasteiger charge is 2.49. The maximum atomic E-state index is 14.5. The molecule has 71 heavy (non-hydrogen) atoms. The second kappa shape index (κ2) is 26.2. The third kappa shape index (κ3) is 13.3. The van der Waals surface area contributed by atoms with Crippen molar-refractivity contribution < 1.29 is 33.4 Å². The number of rotatable bonds is 19. The molecule has 0 spiro atoms. The first-order chi connectivity index (χ1) is 34.1. The Morgan fingerprint density at radius 2 is 1.77 bits per heavy atom. The van der Waals surface area contributed by atoms with Gasteiger partial charge in [-0.1, -0.05) is 109 Å². The lowest BCUT2D eigenvalue weighted by Gasteiger charge is -2.35. The molecule has 7 rings (SSSR count). The quantitative estimate of drug-likeness (QED) is 0.0813. The summed E-state index contributed by atoms with van der Waals surface area (Å²) in [6, 6.07) is 13.3. The van der Waals surface area contributed by atoms with E-state index in [0.717, 1.165) is 69.5 Å². The van der Waals surface area contributed by atoms with Crippen LogP contribution in [0.2, 0.25) is 0 Å². The van der Waals surface area contributed by atoms with Crippen LogP contribution >= 0.6 is 0 Å². The molecule has 2 aromatic carbocycles. The minimum atomic E-state index is -0.876. The number of ether oxygens (including phenoxy) is 3. The molecule has 3 N–H and O–H groups in total. The van der Waals surface area contributed by atoms with E-state index in [0.29, 0.717) is 52.3 Å². The van der Waals surface area contributed by atoms with Gasteiger partial charge in [-0.25, -0.2) is 5.43 Å². The number of aryl methyl sites for hydroxylation is 1. The first-order valence-corrected chi connectivity index (χ1v) is 25.7. The van der Waals surface area contributed by atoms with Gasteiger partial charge < -0.3 is 34.3 Å². The molecule has 0 radical (unpaired) electrons. The van der Waals surface area contributed by atoms with Crippen LogP contribution in [0.25, 0.3) is 27.6 Å². The zero-order valence-electron chi connectivity index (χ0n) is 44.5. The van der Waals surface area contributed by atoms with Crippen molar-refractivity contribution in [1.29, 1.82) is 0 Å². The number of nitrogens with one attached hydrogen (secondary N) is 3. The lowest BCUT2D eigenvalue weighted by molar-refractivity contribution is -0.146. The second-order valence-corrected chi connectivity index (χ2v) is 20.0. The molecule has 4 aliphatic rings. The molecule has 3 saturated heterocycles. The van der Waals surface area contributed by atoms with Gasteiger partial charge in [0.15, 0.2) is 0 Å². The molecule has 0 bridgehead atoms. The van der Waals surface area contributed by atoms with Crippen LogP contribution in [0.1, 0.15) is 85.1 Å². The number of hydrazine groups is 1. The lowest BCUT2D eigenvalue weighted by atomic mass is 9.83. The van der Waals surface area contributed by atoms with Crippen LogP contribution in [0, 0.1) is 23.2 Å². The van der Waals surface area contributed by atoms with Gasteiger partial charge in [-0.3, -0.25) is 29.1 Å². The first-order valence-electron chi connectivity index (χ1n) is 25.7. The molecule has 14 heteroatoms. The number of nitrogens with zero attached hydrogens (tertiary/aromatic N) is 4. The predicted molar refractivity (Wildman–Crippen MR) is 285 cm³/mol. The average Bonchev–Trinajstić information content (AvgIpc) is 4.08. The second-order valence-electron chi connectivity index (χ2n) is 20.0. The maximum absolute atomic E-state index is 14.5. The van der Waals surface area contributed by atoms with E-state index < -0.39 is 12.1 Å². The van der Waals surface area contributed by atoms with Crippen molar-refractivity contribution in [2.24, 2.45) is 23.2 Å². The Labute approximate surface area is 423 Å². The van der Waals surface area contributed by atoms with Crippen molar-refractivity contribution >= 4 is 40.7 Å². The van der Waals surface area contributed by atoms with E-state index >= 15 is 0 Å². The Morgan fingerprint density at radius 1 is 1.04 bits per heavy atom. The number of dihydropyridines is 1. The summed E-state index contributed by atoms with van der Waals surface area (Å²) in [5, 5.41) is 9.49. The summed E-state index contributed by atoms with van der Waals surface area (Å²) in [5.74, 6) is -0.977. The number of allylic oxidation sites excluding steroid dienone is 4. The molecule has 1 aromatic heterocycles. The van der Waals surface area contributed by atoms with E-state index in [1.165, 1.54) is 0 Å². The normalized spacial score (nSPS) is 20.1. The zero-order chi connectivity index (χ0) is 52.0. The number of benzene rings is 2. The van der Waals surface area contributed by atoms with Crippen molar-refractivity contribution in [3.8, 4) is 11.1 Å². The highest BCUT2D eigenvalue weighted by atomic mass is 16.5. The van der Waals surface area contributed by atoms with Gasteiger partial charge in [0.25, 0.3) is 12.4 Å². The monoisotopic (exact) mass is 978 g/mol. The number of hydrogen-bond acceptors (Lipinski definition) is 10. The van der Waals surface area contributed by atoms with Crippen LogP contribution < -0.4 is 16.1 Å². The van der Waals surface area contributed by atoms with Crippen molar-refractivity contribution in [3.05, 3.63) is 102 Å². The Balaban J connectivity index is 0.00000149. The summed E-state index contributed by atoms with van der Waals surface area (Å²) >= 11 is 0. The minimum absolute atomic E-state index is 0.0649. The number of methoxy groups -OCH3 is 1. The zero-order valence-corrected chi connectivity index (χ0v) is 44.5. The molecule has 3 fully saturated rings. The van der Waals surface area contributed by atoms with Gasteiger partial charge in [0.1, 0.15) is 12.1 Å². The van der Waals surface area contributed by atoms with Crippen LogP contribution in [0.15, 0.2) is 85.6 Å². The molecule has 0 aliphatic carbocycles. The lowest BCUT2D eigenvalue weighted by Crippen LogP contribution is -2.60. The number of amides is 3. The Morgan fingerprint density at radius 3 is 2.42 bits per heavy atom. The van der Waals surface area contributed by atoms with Gasteiger partial charge in [-0.05, 0) is 80.5 Å². The molecule has 5 heterocycles. The molecule has 14 nitrogen and oxygen atoms in total. The fraction of sp³-hybridized carbons (Fsp3) is 0.544. The standard InChI is InChI=1S/C51H71N7O7.C4H6.C2H6/c1-10-57-43-19-18-36(25-38(43)39(26-51(5,6)30-65-31-59)47(57)37-17-14-20-52-45(37)33(4)63-9)35-16-13-15-34(23-35)24-42(50(62)58-22-12-11-21-53-58)54-48(60)46(32(2)3)56(8)49(61)40-27-55(7)44-29-64-28-41(40)44;1-3-4-2;1-2/h13-19,23,25,31-33,40-42,44,46,52-53H,10-12,20-22,24,26-30H2,1-9H3,(H,54,60);3-4H,1-2H2;1-2H3. The molecule has 388 valence electrons. The number of hydrogen-bond donors (Lipinski definition) is 3. The fourth-order valence-electron chi connectivity index (χ4n) is 10.6. The van der Waals surface area contributed by atoms with Gasteiger partial charge >= 0.3 is 0 Å². The van der Waals surface area contributed by atoms with E-state index in [2.05, 4.69) is 109 Å². The first kappa shape index (κ1) is 56.4. The molecule has 6 unspecified atom stereocenters. The number of likely N-dealkylation sites (tertiary alicyclic amines) is 1. The molecular formula is C57H83N7O7. The summed E-state index contributed by atoms with van der Waals surface area (Å²) in [6.07, 6.45) is 10.2. The molecule has 4 aliphatic heterocycles. The van der Waals surface area contributed by atoms with E-state index in [-0.39, 0.29) is 66.1 Å². The van der Waals surface area contributed by atoms with Crippen molar-refractivity contribution in [3.63, 3.8) is 0 Å². The fourth-order valence-corrected chi connectivity index (χ4v) is 10.6. The minimum Gasteiger partial charge on any atom is -0.467 e. The number of likely N-dealkylation sites (N-methyl/N-ethyl adjacent to an activating group) is 2. The van der Waals surface area contributed by atoms with Crippen molar-refractivity contribution in [2.75, 3.05) is 67.2 Å². The van der Waals surface area contributed by atoms with E-state index in [4.69, 9.17) is 14.2 Å². The van der Waals surface area contributed by atoms with E-state index in [1.807, 2.05) is 46.9 Å². The van der Waals surface area contributed by atoms with Crippen LogP contribution in [0.3, 0.4) is 0 Å².